The third-order valence-electron chi connectivity index (χ3n) is 4.17. The van der Waals surface area contributed by atoms with Gasteiger partial charge in [-0.05, 0) is 36.0 Å². The lowest BCUT2D eigenvalue weighted by Gasteiger charge is -2.13. The van der Waals surface area contributed by atoms with Gasteiger partial charge < -0.3 is 10.1 Å². The van der Waals surface area contributed by atoms with E-state index in [1.165, 1.54) is 0 Å². The van der Waals surface area contributed by atoms with Crippen molar-refractivity contribution < 1.29 is 14.3 Å². The number of benzene rings is 2. The Kier molecular flexibility index (Phi) is 6.65. The predicted octanol–water partition coefficient (Wildman–Crippen LogP) is 3.48. The van der Waals surface area contributed by atoms with Crippen molar-refractivity contribution in [2.45, 2.75) is 25.9 Å². The highest BCUT2D eigenvalue weighted by Crippen LogP contribution is 2.24. The molecule has 3 rings (SSSR count). The van der Waals surface area contributed by atoms with E-state index >= 15 is 0 Å². The number of hydrogen-bond donors (Lipinski definition) is 2. The van der Waals surface area contributed by atoms with E-state index in [1.54, 1.807) is 12.1 Å². The largest absolute Gasteiger partial charge is 0.450 e. The Morgan fingerprint density at radius 3 is 2.75 bits per heavy atom. The molecule has 1 heterocycles. The van der Waals surface area contributed by atoms with Crippen molar-refractivity contribution in [3.63, 3.8) is 0 Å². The van der Waals surface area contributed by atoms with E-state index in [0.29, 0.717) is 23.0 Å². The van der Waals surface area contributed by atoms with Crippen LogP contribution in [0.25, 0.3) is 0 Å². The number of unbranched alkanes of at least 4 members (excludes halogenated alkanes) is 1. The van der Waals surface area contributed by atoms with Crippen molar-refractivity contribution in [3.8, 4) is 0 Å². The van der Waals surface area contributed by atoms with Gasteiger partial charge in [-0.25, -0.2) is 9.79 Å². The maximum absolute atomic E-state index is 12.6. The lowest BCUT2D eigenvalue weighted by atomic mass is 10.0. The Balaban J connectivity index is 1.97. The molecule has 2 atom stereocenters. The maximum atomic E-state index is 12.6. The number of carbonyl (C=O) groups excluding carboxylic acids is 2. The van der Waals surface area contributed by atoms with Crippen LogP contribution in [0.4, 0.5) is 10.5 Å². The first-order chi connectivity index (χ1) is 13.5. The highest BCUT2D eigenvalue weighted by molar-refractivity contribution is 7.27. The van der Waals surface area contributed by atoms with Gasteiger partial charge in [0.25, 0.3) is 5.91 Å². The van der Waals surface area contributed by atoms with Crippen LogP contribution in [0.1, 0.15) is 30.9 Å². The molecule has 28 heavy (non-hydrogen) atoms. The van der Waals surface area contributed by atoms with Crippen molar-refractivity contribution >= 4 is 49.5 Å². The van der Waals surface area contributed by atoms with Crippen LogP contribution in [0.3, 0.4) is 0 Å². The van der Waals surface area contributed by atoms with E-state index in [4.69, 9.17) is 16.3 Å². The third kappa shape index (κ3) is 4.89. The summed E-state index contributed by atoms with van der Waals surface area (Å²) in [6, 6.07) is 12.8. The Bertz CT molecular complexity index is 915. The van der Waals surface area contributed by atoms with Crippen LogP contribution in [0.15, 0.2) is 47.5 Å². The number of fused-ring (bicyclic) bond motifs is 1. The minimum absolute atomic E-state index is 0.293. The molecule has 0 fully saturated rings. The third-order valence-corrected chi connectivity index (χ3v) is 4.78. The van der Waals surface area contributed by atoms with Gasteiger partial charge in [-0.3, -0.25) is 10.1 Å². The summed E-state index contributed by atoms with van der Waals surface area (Å²) in [5.74, 6) is -0.436. The van der Waals surface area contributed by atoms with Crippen LogP contribution in [-0.2, 0) is 9.53 Å². The highest BCUT2D eigenvalue weighted by Gasteiger charge is 2.27. The molecule has 2 unspecified atom stereocenters. The number of hydrogen-bond acceptors (Lipinski definition) is 4. The molecule has 0 saturated heterocycles. The van der Waals surface area contributed by atoms with Gasteiger partial charge in [0.15, 0.2) is 0 Å². The molecule has 8 heteroatoms. The maximum Gasteiger partial charge on any atom is 0.409 e. The number of nitrogens with zero attached hydrogens (tertiary/aromatic N) is 1. The molecule has 2 aromatic rings. The van der Waals surface area contributed by atoms with Crippen molar-refractivity contribution in [1.82, 2.24) is 5.32 Å². The predicted molar refractivity (Wildman–Crippen MR) is 115 cm³/mol. The standard InChI is InChI=1S/C20H21ClN3O3P/c1-2-3-10-27-20(26)24-18-19(25)22-16-9-8-14(28)11-15(16)17(23-18)12-4-6-13(21)7-5-12/h4-9,11,18H,2-3,10,28H2,1H3,(H,22,25)(H,24,26). The second kappa shape index (κ2) is 9.18. The molecule has 0 radical (unpaired) electrons. The first-order valence-electron chi connectivity index (χ1n) is 8.95. The number of anilines is 1. The second-order valence-electron chi connectivity index (χ2n) is 6.32. The molecule has 2 aromatic carbocycles. The van der Waals surface area contributed by atoms with Gasteiger partial charge in [0.2, 0.25) is 6.17 Å². The fraction of sp³-hybridized carbons (Fsp3) is 0.250. The van der Waals surface area contributed by atoms with Crippen molar-refractivity contribution in [3.05, 3.63) is 58.6 Å². The van der Waals surface area contributed by atoms with Gasteiger partial charge in [-0.15, -0.1) is 9.24 Å². The van der Waals surface area contributed by atoms with E-state index in [0.717, 1.165) is 29.3 Å². The molecule has 2 N–H and O–H groups in total. The number of nitrogens with one attached hydrogen (secondary N) is 2. The van der Waals surface area contributed by atoms with Crippen molar-refractivity contribution in [2.24, 2.45) is 4.99 Å². The van der Waals surface area contributed by atoms with E-state index in [1.807, 2.05) is 37.3 Å². The SMILES string of the molecule is CCCCOC(=O)NC1N=C(c2ccc(Cl)cc2)c2cc(P)ccc2NC1=O. The number of carbonyl (C=O) groups is 2. The van der Waals surface area contributed by atoms with Gasteiger partial charge >= 0.3 is 6.09 Å². The molecule has 1 aliphatic rings. The van der Waals surface area contributed by atoms with Gasteiger partial charge in [-0.1, -0.05) is 43.1 Å². The van der Waals surface area contributed by atoms with Gasteiger partial charge in [-0.2, -0.15) is 0 Å². The highest BCUT2D eigenvalue weighted by atomic mass is 35.5. The van der Waals surface area contributed by atoms with Gasteiger partial charge in [0.05, 0.1) is 18.0 Å². The monoisotopic (exact) mass is 417 g/mol. The summed E-state index contributed by atoms with van der Waals surface area (Å²) in [6.45, 7) is 2.29. The van der Waals surface area contributed by atoms with E-state index in [2.05, 4.69) is 24.9 Å². The molecule has 0 spiro atoms. The number of halogens is 1. The van der Waals surface area contributed by atoms with Crippen LogP contribution in [-0.4, -0.2) is 30.5 Å². The van der Waals surface area contributed by atoms with Gasteiger partial charge in [0, 0.05) is 16.1 Å². The zero-order chi connectivity index (χ0) is 20.1. The van der Waals surface area contributed by atoms with E-state index < -0.39 is 18.2 Å². The summed E-state index contributed by atoms with van der Waals surface area (Å²) < 4.78 is 5.11. The molecule has 146 valence electrons. The zero-order valence-corrected chi connectivity index (χ0v) is 17.3. The molecule has 0 aromatic heterocycles. The average Bonchev–Trinajstić information content (AvgIpc) is 2.80. The number of alkyl carbamates (subject to hydrolysis) is 1. The Morgan fingerprint density at radius 1 is 1.29 bits per heavy atom. The fourth-order valence-electron chi connectivity index (χ4n) is 2.72. The first kappa shape index (κ1) is 20.3. The number of benzodiazepines with no additional fused rings is 1. The van der Waals surface area contributed by atoms with Crippen LogP contribution in [0, 0.1) is 0 Å². The molecule has 1 aliphatic heterocycles. The molecule has 0 bridgehead atoms. The quantitative estimate of drug-likeness (QED) is 0.577. The van der Waals surface area contributed by atoms with Crippen molar-refractivity contribution in [2.75, 3.05) is 11.9 Å². The zero-order valence-electron chi connectivity index (χ0n) is 15.4. The fourth-order valence-corrected chi connectivity index (χ4v) is 3.11. The Labute approximate surface area is 170 Å². The Morgan fingerprint density at radius 2 is 2.04 bits per heavy atom. The second-order valence-corrected chi connectivity index (χ2v) is 7.42. The minimum atomic E-state index is -1.11. The topological polar surface area (TPSA) is 79.8 Å². The molecule has 0 saturated carbocycles. The number of amides is 2. The normalized spacial score (nSPS) is 15.8. The summed E-state index contributed by atoms with van der Waals surface area (Å²) in [7, 11) is 2.63. The van der Waals surface area contributed by atoms with Crippen LogP contribution in [0.5, 0.6) is 0 Å². The van der Waals surface area contributed by atoms with Crippen LogP contribution < -0.4 is 15.9 Å². The smallest absolute Gasteiger partial charge is 0.409 e. The first-order valence-corrected chi connectivity index (χ1v) is 9.91. The molecular formula is C20H21ClN3O3P. The molecule has 2 amide bonds. The minimum Gasteiger partial charge on any atom is -0.450 e. The average molecular weight is 418 g/mol. The van der Waals surface area contributed by atoms with Crippen LogP contribution >= 0.6 is 20.8 Å². The van der Waals surface area contributed by atoms with E-state index in [-0.39, 0.29) is 0 Å². The summed E-state index contributed by atoms with van der Waals surface area (Å²) in [5.41, 5.74) is 2.73. The molecule has 0 aliphatic carbocycles. The summed E-state index contributed by atoms with van der Waals surface area (Å²) >= 11 is 6.01. The summed E-state index contributed by atoms with van der Waals surface area (Å²) in [6.07, 6.45) is -0.125. The number of aliphatic imine (C=N–C) groups is 1. The number of rotatable bonds is 5. The molecule has 6 nitrogen and oxygen atoms in total. The summed E-state index contributed by atoms with van der Waals surface area (Å²) in [5, 5.41) is 6.90. The lowest BCUT2D eigenvalue weighted by Crippen LogP contribution is -2.42. The van der Waals surface area contributed by atoms with Crippen LogP contribution in [0.2, 0.25) is 5.02 Å². The molecular weight excluding hydrogens is 397 g/mol. The van der Waals surface area contributed by atoms with Gasteiger partial charge in [0.1, 0.15) is 0 Å². The van der Waals surface area contributed by atoms with E-state index in [9.17, 15) is 9.59 Å². The lowest BCUT2D eigenvalue weighted by molar-refractivity contribution is -0.117. The number of ether oxygens (including phenoxy) is 1. The summed E-state index contributed by atoms with van der Waals surface area (Å²) in [4.78, 5) is 29.2. The Hall–Kier alpha value is -2.43. The van der Waals surface area contributed by atoms with Crippen molar-refractivity contribution in [1.29, 1.82) is 0 Å².